The molecule has 3 aromatic rings. The molecule has 0 radical (unpaired) electrons. The first-order valence-electron chi connectivity index (χ1n) is 8.85. The molecule has 1 aliphatic rings. The largest absolute Gasteiger partial charge is 0.492 e. The fraction of sp³-hybridized carbons (Fsp3) is 0.389. The summed E-state index contributed by atoms with van der Waals surface area (Å²) in [5.41, 5.74) is -0.189. The van der Waals surface area contributed by atoms with Crippen LogP contribution < -0.4 is 20.9 Å². The Morgan fingerprint density at radius 3 is 2.67 bits per heavy atom. The van der Waals surface area contributed by atoms with Crippen molar-refractivity contribution in [3.8, 4) is 5.75 Å². The average molecular weight is 371 g/mol. The molecule has 1 aliphatic heterocycles. The zero-order valence-corrected chi connectivity index (χ0v) is 15.1. The van der Waals surface area contributed by atoms with E-state index in [9.17, 15) is 9.59 Å². The van der Waals surface area contributed by atoms with Crippen LogP contribution >= 0.6 is 0 Å². The monoisotopic (exact) mass is 371 g/mol. The van der Waals surface area contributed by atoms with E-state index in [0.29, 0.717) is 56.6 Å². The number of anilines is 1. The number of aryl methyl sites for hydroxylation is 1. The van der Waals surface area contributed by atoms with Crippen LogP contribution in [0, 0.1) is 0 Å². The van der Waals surface area contributed by atoms with E-state index >= 15 is 0 Å². The third-order valence-corrected chi connectivity index (χ3v) is 4.61. The predicted molar refractivity (Wildman–Crippen MR) is 101 cm³/mol. The fourth-order valence-electron chi connectivity index (χ4n) is 3.21. The van der Waals surface area contributed by atoms with Gasteiger partial charge in [-0.3, -0.25) is 14.3 Å². The van der Waals surface area contributed by atoms with Crippen LogP contribution in [-0.4, -0.2) is 52.0 Å². The number of morpholine rings is 1. The van der Waals surface area contributed by atoms with Crippen LogP contribution in [0.5, 0.6) is 5.75 Å². The van der Waals surface area contributed by atoms with Crippen LogP contribution in [0.2, 0.25) is 0 Å². The summed E-state index contributed by atoms with van der Waals surface area (Å²) in [5, 5.41) is 0. The summed E-state index contributed by atoms with van der Waals surface area (Å²) < 4.78 is 14.4. The lowest BCUT2D eigenvalue weighted by molar-refractivity contribution is 0.121. The number of aromatic nitrogens is 4. The number of hydrogen-bond acceptors (Lipinski definition) is 6. The van der Waals surface area contributed by atoms with Gasteiger partial charge in [-0.05, 0) is 12.1 Å². The van der Waals surface area contributed by atoms with Crippen molar-refractivity contribution in [1.29, 1.82) is 0 Å². The number of nitrogens with one attached hydrogen (secondary N) is 1. The number of benzene rings is 1. The lowest BCUT2D eigenvalue weighted by atomic mass is 10.3. The minimum atomic E-state index is -0.480. The Labute approximate surface area is 154 Å². The van der Waals surface area contributed by atoms with Gasteiger partial charge in [-0.1, -0.05) is 18.2 Å². The molecule has 1 aromatic carbocycles. The predicted octanol–water partition coefficient (Wildman–Crippen LogP) is 0.339. The fourth-order valence-corrected chi connectivity index (χ4v) is 3.21. The van der Waals surface area contributed by atoms with Gasteiger partial charge in [-0.25, -0.2) is 4.79 Å². The minimum absolute atomic E-state index is 0.366. The van der Waals surface area contributed by atoms with Crippen molar-refractivity contribution in [2.24, 2.45) is 7.05 Å². The first-order valence-corrected chi connectivity index (χ1v) is 8.85. The van der Waals surface area contributed by atoms with Gasteiger partial charge in [0.1, 0.15) is 12.4 Å². The smallest absolute Gasteiger partial charge is 0.329 e. The third kappa shape index (κ3) is 3.33. The highest BCUT2D eigenvalue weighted by molar-refractivity contribution is 5.74. The van der Waals surface area contributed by atoms with E-state index in [-0.39, 0.29) is 0 Å². The second-order valence-electron chi connectivity index (χ2n) is 6.31. The van der Waals surface area contributed by atoms with Gasteiger partial charge in [-0.15, -0.1) is 0 Å². The maximum absolute atomic E-state index is 12.5. The molecule has 0 bridgehead atoms. The summed E-state index contributed by atoms with van der Waals surface area (Å²) >= 11 is 0. The maximum Gasteiger partial charge on any atom is 0.329 e. The van der Waals surface area contributed by atoms with E-state index in [4.69, 9.17) is 9.47 Å². The summed E-state index contributed by atoms with van der Waals surface area (Å²) in [5.74, 6) is 1.41. The molecule has 9 nitrogen and oxygen atoms in total. The zero-order chi connectivity index (χ0) is 18.8. The van der Waals surface area contributed by atoms with Crippen LogP contribution in [0.15, 0.2) is 39.9 Å². The van der Waals surface area contributed by atoms with Gasteiger partial charge in [0.15, 0.2) is 11.2 Å². The minimum Gasteiger partial charge on any atom is -0.492 e. The second-order valence-corrected chi connectivity index (χ2v) is 6.31. The number of hydrogen-bond donors (Lipinski definition) is 1. The Morgan fingerprint density at radius 2 is 1.93 bits per heavy atom. The van der Waals surface area contributed by atoms with Crippen LogP contribution in [0.1, 0.15) is 0 Å². The normalized spacial score (nSPS) is 14.6. The van der Waals surface area contributed by atoms with Gasteiger partial charge in [-0.2, -0.15) is 4.98 Å². The third-order valence-electron chi connectivity index (χ3n) is 4.61. The molecule has 0 aliphatic carbocycles. The molecule has 1 saturated heterocycles. The van der Waals surface area contributed by atoms with Crippen LogP contribution in [-0.2, 0) is 18.3 Å². The van der Waals surface area contributed by atoms with Crippen molar-refractivity contribution in [2.75, 3.05) is 37.8 Å². The number of nitrogens with zero attached hydrogens (tertiary/aromatic N) is 4. The number of imidazole rings is 1. The summed E-state index contributed by atoms with van der Waals surface area (Å²) in [6.45, 7) is 3.34. The molecule has 0 unspecified atom stereocenters. The molecule has 0 spiro atoms. The lowest BCUT2D eigenvalue weighted by Gasteiger charge is -2.28. The van der Waals surface area contributed by atoms with E-state index in [0.717, 1.165) is 5.75 Å². The topological polar surface area (TPSA) is 94.4 Å². The maximum atomic E-state index is 12.5. The highest BCUT2D eigenvalue weighted by Gasteiger charge is 2.22. The highest BCUT2D eigenvalue weighted by atomic mass is 16.5. The molecule has 9 heteroatoms. The van der Waals surface area contributed by atoms with E-state index in [2.05, 4.69) is 14.9 Å². The van der Waals surface area contributed by atoms with Gasteiger partial charge in [0.05, 0.1) is 19.8 Å². The number of rotatable bonds is 5. The lowest BCUT2D eigenvalue weighted by Crippen LogP contribution is -2.38. The molecular weight excluding hydrogens is 350 g/mol. The van der Waals surface area contributed by atoms with Gasteiger partial charge in [0.25, 0.3) is 5.56 Å². The van der Waals surface area contributed by atoms with Crippen molar-refractivity contribution >= 4 is 17.1 Å². The van der Waals surface area contributed by atoms with Crippen LogP contribution in [0.25, 0.3) is 11.2 Å². The molecule has 27 heavy (non-hydrogen) atoms. The SMILES string of the molecule is Cn1c(=O)[nH]c(=O)c2c1nc(N1CCOCC1)n2CCOc1ccccc1. The summed E-state index contributed by atoms with van der Waals surface area (Å²) in [6, 6.07) is 9.49. The first-order chi connectivity index (χ1) is 13.1. The highest BCUT2D eigenvalue weighted by Crippen LogP contribution is 2.20. The van der Waals surface area contributed by atoms with Crippen LogP contribution in [0.4, 0.5) is 5.95 Å². The molecule has 4 rings (SSSR count). The van der Waals surface area contributed by atoms with Gasteiger partial charge in [0, 0.05) is 20.1 Å². The van der Waals surface area contributed by atoms with Crippen molar-refractivity contribution in [3.05, 3.63) is 51.2 Å². The Morgan fingerprint density at radius 1 is 1.19 bits per heavy atom. The van der Waals surface area contributed by atoms with Crippen molar-refractivity contribution in [3.63, 3.8) is 0 Å². The van der Waals surface area contributed by atoms with Gasteiger partial charge < -0.3 is 18.9 Å². The molecule has 0 saturated carbocycles. The first kappa shape index (κ1) is 17.3. The molecule has 0 atom stereocenters. The quantitative estimate of drug-likeness (QED) is 0.695. The standard InChI is InChI=1S/C18H21N5O4/c1-21-15-14(16(24)20-18(21)25)23(9-12-27-13-5-3-2-4-6-13)17(19-15)22-7-10-26-11-8-22/h2-6H,7-12H2,1H3,(H,20,24,25). The molecule has 0 amide bonds. The molecule has 1 fully saturated rings. The molecule has 1 N–H and O–H groups in total. The summed E-state index contributed by atoms with van der Waals surface area (Å²) in [4.78, 5) is 33.5. The van der Waals surface area contributed by atoms with E-state index in [1.54, 1.807) is 7.05 Å². The number of para-hydroxylation sites is 1. The second kappa shape index (κ2) is 7.28. The molecular formula is C18H21N5O4. The summed E-state index contributed by atoms with van der Waals surface area (Å²) in [6.07, 6.45) is 0. The molecule has 142 valence electrons. The van der Waals surface area contributed by atoms with E-state index in [1.807, 2.05) is 34.9 Å². The Bertz CT molecular complexity index is 1050. The average Bonchev–Trinajstić information content (AvgIpc) is 3.08. The molecule has 2 aromatic heterocycles. The molecule has 3 heterocycles. The van der Waals surface area contributed by atoms with Crippen molar-refractivity contribution in [1.82, 2.24) is 19.1 Å². The van der Waals surface area contributed by atoms with E-state index < -0.39 is 11.2 Å². The number of aromatic amines is 1. The van der Waals surface area contributed by atoms with Crippen LogP contribution in [0.3, 0.4) is 0 Å². The van der Waals surface area contributed by atoms with Gasteiger partial charge in [0.2, 0.25) is 5.95 Å². The Balaban J connectivity index is 1.72. The van der Waals surface area contributed by atoms with Gasteiger partial charge >= 0.3 is 5.69 Å². The summed E-state index contributed by atoms with van der Waals surface area (Å²) in [7, 11) is 1.60. The van der Waals surface area contributed by atoms with Crippen molar-refractivity contribution < 1.29 is 9.47 Å². The number of H-pyrrole nitrogens is 1. The Hall–Kier alpha value is -3.07. The van der Waals surface area contributed by atoms with E-state index in [1.165, 1.54) is 4.57 Å². The zero-order valence-electron chi connectivity index (χ0n) is 15.1. The number of fused-ring (bicyclic) bond motifs is 1. The number of ether oxygens (including phenoxy) is 2. The van der Waals surface area contributed by atoms with Crippen molar-refractivity contribution in [2.45, 2.75) is 6.54 Å². The Kier molecular flexibility index (Phi) is 4.68.